The van der Waals surface area contributed by atoms with Gasteiger partial charge in [0.25, 0.3) is 5.91 Å². The molecule has 6 rings (SSSR count). The summed E-state index contributed by atoms with van der Waals surface area (Å²) in [7, 11) is 0. The van der Waals surface area contributed by atoms with Crippen molar-refractivity contribution in [2.24, 2.45) is 0 Å². The molecule has 1 N–H and O–H groups in total. The van der Waals surface area contributed by atoms with Crippen LogP contribution in [0.4, 0.5) is 10.1 Å². The fourth-order valence-corrected chi connectivity index (χ4v) is 5.66. The Morgan fingerprint density at radius 3 is 2.49 bits per heavy atom. The second-order valence-corrected chi connectivity index (χ2v) is 10.5. The molecule has 0 spiro atoms. The van der Waals surface area contributed by atoms with Crippen LogP contribution in [0.25, 0.3) is 0 Å². The number of piperazine rings is 1. The number of ether oxygens (including phenoxy) is 1. The molecular weight excluding hydrogens is 525 g/mol. The van der Waals surface area contributed by atoms with E-state index in [1.807, 2.05) is 29.2 Å². The minimum absolute atomic E-state index is 0.175. The van der Waals surface area contributed by atoms with Crippen molar-refractivity contribution >= 4 is 23.4 Å². The molecule has 1 atom stereocenters. The largest absolute Gasteiger partial charge is 0.457 e. The molecule has 3 aliphatic rings. The zero-order valence-electron chi connectivity index (χ0n) is 22.3. The maximum absolute atomic E-state index is 15.2. The van der Waals surface area contributed by atoms with Gasteiger partial charge >= 0.3 is 0 Å². The highest BCUT2D eigenvalue weighted by Crippen LogP contribution is 2.33. The summed E-state index contributed by atoms with van der Waals surface area (Å²) in [4.78, 5) is 42.6. The van der Waals surface area contributed by atoms with Gasteiger partial charge in [0.15, 0.2) is 0 Å². The Balaban J connectivity index is 1.07. The number of carbonyl (C=O) groups excluding carboxylic acids is 3. The lowest BCUT2D eigenvalue weighted by Crippen LogP contribution is -2.52. The first kappa shape index (κ1) is 26.5. The van der Waals surface area contributed by atoms with E-state index in [0.29, 0.717) is 41.4 Å². The Labute approximate surface area is 236 Å². The van der Waals surface area contributed by atoms with Gasteiger partial charge in [0.05, 0.1) is 17.3 Å². The van der Waals surface area contributed by atoms with Crippen LogP contribution in [0.5, 0.6) is 11.5 Å². The Morgan fingerprint density at radius 2 is 1.76 bits per heavy atom. The number of nitrogens with one attached hydrogen (secondary N) is 1. The first-order valence-corrected chi connectivity index (χ1v) is 13.6. The number of carbonyl (C=O) groups is 3. The second-order valence-electron chi connectivity index (χ2n) is 10.5. The zero-order chi connectivity index (χ0) is 28.5. The van der Waals surface area contributed by atoms with Gasteiger partial charge in [-0.05, 0) is 66.1 Å². The summed E-state index contributed by atoms with van der Waals surface area (Å²) in [6.07, 6.45) is 0.445. The fourth-order valence-electron chi connectivity index (χ4n) is 5.66. The minimum Gasteiger partial charge on any atom is -0.457 e. The number of hydrogen-bond acceptors (Lipinski definition) is 7. The van der Waals surface area contributed by atoms with Gasteiger partial charge < -0.3 is 14.5 Å². The van der Waals surface area contributed by atoms with E-state index in [1.54, 1.807) is 30.3 Å². The van der Waals surface area contributed by atoms with Crippen LogP contribution in [0.3, 0.4) is 0 Å². The summed E-state index contributed by atoms with van der Waals surface area (Å²) in [6, 6.07) is 19.2. The predicted octanol–water partition coefficient (Wildman–Crippen LogP) is 3.57. The molecule has 0 bridgehead atoms. The van der Waals surface area contributed by atoms with Crippen molar-refractivity contribution in [1.29, 1.82) is 5.26 Å². The van der Waals surface area contributed by atoms with Gasteiger partial charge in [-0.25, -0.2) is 4.39 Å². The number of amides is 3. The first-order chi connectivity index (χ1) is 19.9. The molecule has 3 aliphatic heterocycles. The minimum atomic E-state index is -0.726. The van der Waals surface area contributed by atoms with E-state index in [-0.39, 0.29) is 36.8 Å². The SMILES string of the molecule is N#Cc1ccc(Oc2cccc(CN3CCN(c4cc5c(cc4F)C(=O)N(C4CCC(=O)NC4=O)C5)CC3)c2)cc1. The Kier molecular flexibility index (Phi) is 7.12. The molecule has 9 nitrogen and oxygen atoms in total. The van der Waals surface area contributed by atoms with Gasteiger partial charge in [0.1, 0.15) is 23.4 Å². The lowest BCUT2D eigenvalue weighted by Gasteiger charge is -2.36. The monoisotopic (exact) mass is 553 g/mol. The van der Waals surface area contributed by atoms with Crippen LogP contribution in [0.1, 0.15) is 39.9 Å². The van der Waals surface area contributed by atoms with Crippen molar-refractivity contribution in [3.05, 3.63) is 88.7 Å². The first-order valence-electron chi connectivity index (χ1n) is 13.6. The highest BCUT2D eigenvalue weighted by molar-refractivity contribution is 6.05. The van der Waals surface area contributed by atoms with Crippen LogP contribution >= 0.6 is 0 Å². The number of hydrogen-bond donors (Lipinski definition) is 1. The molecule has 0 saturated carbocycles. The van der Waals surface area contributed by atoms with Crippen molar-refractivity contribution in [3.8, 4) is 17.6 Å². The second kappa shape index (κ2) is 11.0. The van der Waals surface area contributed by atoms with E-state index in [1.165, 1.54) is 11.0 Å². The number of fused-ring (bicyclic) bond motifs is 1. The number of rotatable bonds is 6. The summed E-state index contributed by atoms with van der Waals surface area (Å²) < 4.78 is 21.2. The quantitative estimate of drug-likeness (QED) is 0.465. The van der Waals surface area contributed by atoms with Crippen molar-refractivity contribution < 1.29 is 23.5 Å². The normalized spacial score (nSPS) is 19.1. The summed E-state index contributed by atoms with van der Waals surface area (Å²) in [5.74, 6) is -0.281. The molecule has 2 fully saturated rings. The van der Waals surface area contributed by atoms with Crippen molar-refractivity contribution in [2.75, 3.05) is 31.1 Å². The maximum atomic E-state index is 15.2. The highest BCUT2D eigenvalue weighted by atomic mass is 19.1. The van der Waals surface area contributed by atoms with E-state index in [0.717, 1.165) is 25.2 Å². The summed E-state index contributed by atoms with van der Waals surface area (Å²) in [5, 5.41) is 11.3. The number of piperidine rings is 1. The van der Waals surface area contributed by atoms with Crippen molar-refractivity contribution in [3.63, 3.8) is 0 Å². The average Bonchev–Trinajstić information content (AvgIpc) is 3.28. The Bertz CT molecular complexity index is 1560. The third kappa shape index (κ3) is 5.49. The van der Waals surface area contributed by atoms with E-state index in [4.69, 9.17) is 10.00 Å². The van der Waals surface area contributed by atoms with Gasteiger partial charge in [-0.1, -0.05) is 12.1 Å². The standard InChI is InChI=1S/C31H28FN5O4/c32-26-16-25-22(19-37(31(25)40)27-8-9-29(38)34-30(27)39)15-28(26)36-12-10-35(11-13-36)18-21-2-1-3-24(14-21)41-23-6-4-20(17-33)5-7-23/h1-7,14-16,27H,8-13,18-19H2,(H,34,38,39). The molecule has 208 valence electrons. The summed E-state index contributed by atoms with van der Waals surface area (Å²) in [5.41, 5.74) is 3.10. The number of halogens is 1. The molecule has 41 heavy (non-hydrogen) atoms. The van der Waals surface area contributed by atoms with Gasteiger partial charge in [-0.2, -0.15) is 5.26 Å². The lowest BCUT2D eigenvalue weighted by atomic mass is 10.0. The smallest absolute Gasteiger partial charge is 0.255 e. The molecule has 3 amide bonds. The molecular formula is C31H28FN5O4. The maximum Gasteiger partial charge on any atom is 0.255 e. The summed E-state index contributed by atoms with van der Waals surface area (Å²) in [6.45, 7) is 3.66. The Hall–Kier alpha value is -4.75. The zero-order valence-corrected chi connectivity index (χ0v) is 22.3. The molecule has 0 aliphatic carbocycles. The van der Waals surface area contributed by atoms with E-state index >= 15 is 4.39 Å². The van der Waals surface area contributed by atoms with Gasteiger partial charge in [-0.3, -0.25) is 24.6 Å². The van der Waals surface area contributed by atoms with Crippen LogP contribution in [-0.4, -0.2) is 59.7 Å². The van der Waals surface area contributed by atoms with Crippen LogP contribution < -0.4 is 15.0 Å². The van der Waals surface area contributed by atoms with Gasteiger partial charge in [-0.15, -0.1) is 0 Å². The van der Waals surface area contributed by atoms with Crippen LogP contribution in [-0.2, 0) is 22.7 Å². The molecule has 1 unspecified atom stereocenters. The van der Waals surface area contributed by atoms with Gasteiger partial charge in [0, 0.05) is 51.3 Å². The van der Waals surface area contributed by atoms with Crippen molar-refractivity contribution in [2.45, 2.75) is 32.0 Å². The van der Waals surface area contributed by atoms with Gasteiger partial charge in [0.2, 0.25) is 11.8 Å². The molecule has 0 radical (unpaired) electrons. The van der Waals surface area contributed by atoms with E-state index in [9.17, 15) is 14.4 Å². The molecule has 0 aromatic heterocycles. The van der Waals surface area contributed by atoms with Crippen molar-refractivity contribution in [1.82, 2.24) is 15.1 Å². The number of anilines is 1. The van der Waals surface area contributed by atoms with E-state index < -0.39 is 17.8 Å². The summed E-state index contributed by atoms with van der Waals surface area (Å²) >= 11 is 0. The number of nitrogens with zero attached hydrogens (tertiary/aromatic N) is 4. The molecule has 3 aromatic carbocycles. The Morgan fingerprint density at radius 1 is 0.976 bits per heavy atom. The molecule has 10 heteroatoms. The van der Waals surface area contributed by atoms with Crippen LogP contribution in [0, 0.1) is 17.1 Å². The molecule has 3 heterocycles. The highest BCUT2D eigenvalue weighted by Gasteiger charge is 2.40. The number of nitriles is 1. The molecule has 3 aromatic rings. The van der Waals surface area contributed by atoms with Crippen LogP contribution in [0.15, 0.2) is 60.7 Å². The fraction of sp³-hybridized carbons (Fsp3) is 0.290. The number of imide groups is 1. The third-order valence-electron chi connectivity index (χ3n) is 7.83. The van der Waals surface area contributed by atoms with Crippen LogP contribution in [0.2, 0.25) is 0 Å². The average molecular weight is 554 g/mol. The van der Waals surface area contributed by atoms with E-state index in [2.05, 4.69) is 16.3 Å². The predicted molar refractivity (Wildman–Crippen MR) is 148 cm³/mol. The lowest BCUT2D eigenvalue weighted by molar-refractivity contribution is -0.136. The number of benzene rings is 3. The topological polar surface area (TPSA) is 106 Å². The third-order valence-corrected chi connectivity index (χ3v) is 7.83. The molecule has 2 saturated heterocycles.